The number of hydrogen-bond donors (Lipinski definition) is 1. The van der Waals surface area contributed by atoms with Gasteiger partial charge in [-0.1, -0.05) is 69.7 Å². The van der Waals surface area contributed by atoms with Crippen molar-refractivity contribution in [2.45, 2.75) is 58.3 Å². The standard InChI is InChI=1S/C20H29NS/c1-4-19(3)11-15-12-20(13-19,16-8-6-5-7-9-16)10-14(2)17(15)18(21)22/h5-9,14-15,17H,4,10-13H2,1-3H3,(H2,21,22). The molecule has 120 valence electrons. The van der Waals surface area contributed by atoms with E-state index in [1.807, 2.05) is 0 Å². The van der Waals surface area contributed by atoms with Gasteiger partial charge in [-0.2, -0.15) is 0 Å². The Morgan fingerprint density at radius 1 is 1.23 bits per heavy atom. The van der Waals surface area contributed by atoms with Crippen molar-refractivity contribution in [3.8, 4) is 0 Å². The van der Waals surface area contributed by atoms with Crippen LogP contribution in [0.3, 0.4) is 0 Å². The summed E-state index contributed by atoms with van der Waals surface area (Å²) in [5.41, 5.74) is 8.42. The zero-order valence-electron chi connectivity index (χ0n) is 14.1. The number of benzene rings is 1. The molecule has 5 unspecified atom stereocenters. The highest BCUT2D eigenvalue weighted by atomic mass is 32.1. The summed E-state index contributed by atoms with van der Waals surface area (Å²) in [6.07, 6.45) is 6.33. The van der Waals surface area contributed by atoms with E-state index in [1.54, 1.807) is 0 Å². The molecular weight excluding hydrogens is 286 g/mol. The Morgan fingerprint density at radius 3 is 2.50 bits per heavy atom. The lowest BCUT2D eigenvalue weighted by Gasteiger charge is -2.57. The summed E-state index contributed by atoms with van der Waals surface area (Å²) in [5.74, 6) is 1.68. The van der Waals surface area contributed by atoms with Gasteiger partial charge in [0.05, 0.1) is 4.99 Å². The van der Waals surface area contributed by atoms with Gasteiger partial charge >= 0.3 is 0 Å². The van der Waals surface area contributed by atoms with Gasteiger partial charge in [-0.25, -0.2) is 0 Å². The largest absolute Gasteiger partial charge is 0.393 e. The molecule has 0 amide bonds. The molecule has 0 heterocycles. The third-order valence-electron chi connectivity index (χ3n) is 6.57. The molecule has 2 bridgehead atoms. The Hall–Kier alpha value is -0.890. The average Bonchev–Trinajstić information content (AvgIpc) is 2.46. The predicted octanol–water partition coefficient (Wildman–Crippen LogP) is 5.08. The van der Waals surface area contributed by atoms with Crippen LogP contribution in [0.2, 0.25) is 0 Å². The van der Waals surface area contributed by atoms with Crippen LogP contribution in [0.25, 0.3) is 0 Å². The SMILES string of the molecule is CCC1(C)CC2CC(c3ccccc3)(CC(C)C2C(N)=S)C1. The van der Waals surface area contributed by atoms with Gasteiger partial charge in [0.25, 0.3) is 0 Å². The fourth-order valence-corrected chi connectivity index (χ4v) is 6.12. The Kier molecular flexibility index (Phi) is 4.09. The van der Waals surface area contributed by atoms with E-state index in [1.165, 1.54) is 37.7 Å². The molecule has 1 aromatic rings. The second kappa shape index (κ2) is 5.63. The lowest BCUT2D eigenvalue weighted by Crippen LogP contribution is -2.52. The maximum atomic E-state index is 6.14. The Labute approximate surface area is 140 Å². The van der Waals surface area contributed by atoms with Gasteiger partial charge in [-0.15, -0.1) is 0 Å². The van der Waals surface area contributed by atoms with Crippen molar-refractivity contribution in [3.05, 3.63) is 35.9 Å². The van der Waals surface area contributed by atoms with Crippen LogP contribution in [-0.2, 0) is 5.41 Å². The van der Waals surface area contributed by atoms with Gasteiger partial charge in [-0.3, -0.25) is 0 Å². The normalized spacial score (nSPS) is 41.1. The second-order valence-electron chi connectivity index (χ2n) is 8.27. The first kappa shape index (κ1) is 16.0. The number of nitrogens with two attached hydrogens (primary N) is 1. The molecule has 1 nitrogen and oxygen atoms in total. The van der Waals surface area contributed by atoms with Crippen LogP contribution in [0.1, 0.15) is 58.4 Å². The monoisotopic (exact) mass is 315 g/mol. The highest BCUT2D eigenvalue weighted by molar-refractivity contribution is 7.80. The molecule has 5 atom stereocenters. The first-order chi connectivity index (χ1) is 10.4. The average molecular weight is 316 g/mol. The summed E-state index contributed by atoms with van der Waals surface area (Å²) < 4.78 is 0. The van der Waals surface area contributed by atoms with E-state index in [0.29, 0.717) is 28.6 Å². The molecule has 0 aromatic heterocycles. The molecule has 2 saturated carbocycles. The van der Waals surface area contributed by atoms with Crippen LogP contribution in [0.4, 0.5) is 0 Å². The van der Waals surface area contributed by atoms with Gasteiger partial charge in [0.15, 0.2) is 0 Å². The van der Waals surface area contributed by atoms with Crippen LogP contribution >= 0.6 is 12.2 Å². The van der Waals surface area contributed by atoms with Crippen molar-refractivity contribution < 1.29 is 0 Å². The van der Waals surface area contributed by atoms with E-state index in [2.05, 4.69) is 51.1 Å². The van der Waals surface area contributed by atoms with Gasteiger partial charge in [0, 0.05) is 5.92 Å². The maximum absolute atomic E-state index is 6.14. The Balaban J connectivity index is 2.04. The molecule has 2 heteroatoms. The number of fused-ring (bicyclic) bond motifs is 2. The molecule has 2 aliphatic carbocycles. The Morgan fingerprint density at radius 2 is 1.91 bits per heavy atom. The summed E-state index contributed by atoms with van der Waals surface area (Å²) in [6.45, 7) is 7.19. The van der Waals surface area contributed by atoms with Crippen LogP contribution < -0.4 is 5.73 Å². The topological polar surface area (TPSA) is 26.0 Å². The first-order valence-corrected chi connectivity index (χ1v) is 9.15. The van der Waals surface area contributed by atoms with Crippen molar-refractivity contribution in [2.75, 3.05) is 0 Å². The molecule has 0 spiro atoms. The van der Waals surface area contributed by atoms with Crippen LogP contribution in [-0.4, -0.2) is 4.99 Å². The minimum Gasteiger partial charge on any atom is -0.393 e. The quantitative estimate of drug-likeness (QED) is 0.787. The minimum absolute atomic E-state index is 0.329. The van der Waals surface area contributed by atoms with Crippen molar-refractivity contribution in [2.24, 2.45) is 28.9 Å². The van der Waals surface area contributed by atoms with Gasteiger partial charge < -0.3 is 5.73 Å². The molecule has 2 N–H and O–H groups in total. The third kappa shape index (κ3) is 2.60. The first-order valence-electron chi connectivity index (χ1n) is 8.74. The van der Waals surface area contributed by atoms with Gasteiger partial charge in [-0.05, 0) is 53.9 Å². The summed E-state index contributed by atoms with van der Waals surface area (Å²) >= 11 is 5.44. The number of rotatable bonds is 3. The van der Waals surface area contributed by atoms with E-state index in [-0.39, 0.29) is 0 Å². The zero-order valence-corrected chi connectivity index (χ0v) is 15.0. The molecule has 0 radical (unpaired) electrons. The minimum atomic E-state index is 0.329. The Bertz CT molecular complexity index is 550. The summed E-state index contributed by atoms with van der Waals surface area (Å²) in [5, 5.41) is 0. The molecule has 0 saturated heterocycles. The molecule has 0 aliphatic heterocycles. The van der Waals surface area contributed by atoms with Crippen LogP contribution in [0, 0.1) is 23.2 Å². The number of thiocarbonyl (C=S) groups is 1. The lowest BCUT2D eigenvalue weighted by molar-refractivity contribution is -0.00131. The maximum Gasteiger partial charge on any atom is 0.0764 e. The molecule has 3 rings (SSSR count). The molecule has 22 heavy (non-hydrogen) atoms. The molecule has 2 aliphatic rings. The summed E-state index contributed by atoms with van der Waals surface area (Å²) in [4.78, 5) is 0.750. The molecule has 1 aromatic carbocycles. The fourth-order valence-electron chi connectivity index (χ4n) is 5.70. The highest BCUT2D eigenvalue weighted by Gasteiger charge is 2.53. The fraction of sp³-hybridized carbons (Fsp3) is 0.650. The number of hydrogen-bond acceptors (Lipinski definition) is 1. The van der Waals surface area contributed by atoms with Crippen LogP contribution in [0.5, 0.6) is 0 Å². The van der Waals surface area contributed by atoms with Gasteiger partial charge in [0.2, 0.25) is 0 Å². The predicted molar refractivity (Wildman–Crippen MR) is 97.9 cm³/mol. The summed E-state index contributed by atoms with van der Waals surface area (Å²) in [7, 11) is 0. The van der Waals surface area contributed by atoms with Crippen molar-refractivity contribution >= 4 is 17.2 Å². The van der Waals surface area contributed by atoms with E-state index >= 15 is 0 Å². The molecule has 2 fully saturated rings. The third-order valence-corrected chi connectivity index (χ3v) is 6.85. The lowest BCUT2D eigenvalue weighted by atomic mass is 9.47. The van der Waals surface area contributed by atoms with Crippen molar-refractivity contribution in [3.63, 3.8) is 0 Å². The van der Waals surface area contributed by atoms with E-state index in [0.717, 1.165) is 4.99 Å². The molecular formula is C20H29NS. The van der Waals surface area contributed by atoms with E-state index < -0.39 is 0 Å². The smallest absolute Gasteiger partial charge is 0.0764 e. The van der Waals surface area contributed by atoms with Crippen LogP contribution in [0.15, 0.2) is 30.3 Å². The van der Waals surface area contributed by atoms with E-state index in [9.17, 15) is 0 Å². The van der Waals surface area contributed by atoms with Crippen molar-refractivity contribution in [1.29, 1.82) is 0 Å². The zero-order chi connectivity index (χ0) is 16.0. The second-order valence-corrected chi connectivity index (χ2v) is 8.74. The van der Waals surface area contributed by atoms with Crippen molar-refractivity contribution in [1.82, 2.24) is 0 Å². The highest BCUT2D eigenvalue weighted by Crippen LogP contribution is 2.60. The van der Waals surface area contributed by atoms with Gasteiger partial charge in [0.1, 0.15) is 0 Å². The summed E-state index contributed by atoms with van der Waals surface area (Å²) in [6, 6.07) is 11.2. The van der Waals surface area contributed by atoms with E-state index in [4.69, 9.17) is 18.0 Å².